The van der Waals surface area contributed by atoms with Gasteiger partial charge >= 0.3 is 0 Å². The zero-order valence-corrected chi connectivity index (χ0v) is 33.9. The molecule has 0 unspecified atom stereocenters. The zero-order chi connectivity index (χ0) is 40.7. The second-order valence-electron chi connectivity index (χ2n) is 16.7. The van der Waals surface area contributed by atoms with Crippen LogP contribution >= 0.6 is 0 Å². The number of rotatable bonds is 4. The molecule has 0 spiro atoms. The molecule has 0 aromatic heterocycles. The molecule has 0 bridgehead atoms. The van der Waals surface area contributed by atoms with E-state index in [1.165, 1.54) is 131 Å². The molecule has 0 saturated heterocycles. The lowest BCUT2D eigenvalue weighted by Gasteiger charge is -2.18. The van der Waals surface area contributed by atoms with Crippen molar-refractivity contribution >= 4 is 86.2 Å². The normalized spacial score (nSPS) is 11.9. The molecule has 0 atom stereocenters. The highest BCUT2D eigenvalue weighted by molar-refractivity contribution is 6.35. The minimum atomic E-state index is 1.21. The van der Waals surface area contributed by atoms with Gasteiger partial charge in [0, 0.05) is 0 Å². The third kappa shape index (κ3) is 5.27. The van der Waals surface area contributed by atoms with Gasteiger partial charge in [0.1, 0.15) is 0 Å². The standard InChI is InChI=1S/C62H38/c1-3-15-39(16-4-1)43-31-33-53-57(35-43)45-19-7-9-21-47(45)59-37-55(49-23-11-13-25-51(49)61(53)59)41-27-29-42(30-28-41)56-38-60-48-22-10-8-20-46(48)58-36-44(40-17-5-2-6-18-40)32-34-54(58)62(60)52-26-14-12-24-50(52)56/h1-38H. The van der Waals surface area contributed by atoms with Gasteiger partial charge < -0.3 is 0 Å². The molecule has 0 nitrogen and oxygen atoms in total. The van der Waals surface area contributed by atoms with E-state index in [4.69, 9.17) is 0 Å². The molecule has 0 radical (unpaired) electrons. The summed E-state index contributed by atoms with van der Waals surface area (Å²) in [7, 11) is 0. The maximum Gasteiger partial charge on any atom is -0.00199 e. The average molecular weight is 783 g/mol. The predicted octanol–water partition coefficient (Wildman–Crippen LogP) is 17.6. The summed E-state index contributed by atoms with van der Waals surface area (Å²) < 4.78 is 0. The Morgan fingerprint density at radius 3 is 0.823 bits per heavy atom. The molecule has 62 heavy (non-hydrogen) atoms. The summed E-state index contributed by atoms with van der Waals surface area (Å²) in [5.74, 6) is 0. The van der Waals surface area contributed by atoms with Crippen molar-refractivity contribution in [2.75, 3.05) is 0 Å². The Balaban J connectivity index is 1.00. The molecule has 0 N–H and O–H groups in total. The number of fused-ring (bicyclic) bond motifs is 16. The first-order chi connectivity index (χ1) is 30.8. The molecule has 0 saturated carbocycles. The van der Waals surface area contributed by atoms with E-state index in [-0.39, 0.29) is 0 Å². The number of hydrogen-bond donors (Lipinski definition) is 0. The van der Waals surface area contributed by atoms with Crippen molar-refractivity contribution in [3.8, 4) is 44.5 Å². The summed E-state index contributed by atoms with van der Waals surface area (Å²) in [5.41, 5.74) is 9.87. The monoisotopic (exact) mass is 782 g/mol. The van der Waals surface area contributed by atoms with Gasteiger partial charge in [0.2, 0.25) is 0 Å². The van der Waals surface area contributed by atoms with Crippen molar-refractivity contribution in [1.29, 1.82) is 0 Å². The molecule has 13 rings (SSSR count). The van der Waals surface area contributed by atoms with Crippen LogP contribution in [0.1, 0.15) is 0 Å². The van der Waals surface area contributed by atoms with Crippen molar-refractivity contribution < 1.29 is 0 Å². The van der Waals surface area contributed by atoms with Crippen molar-refractivity contribution in [1.82, 2.24) is 0 Å². The smallest absolute Gasteiger partial charge is 0.00199 e. The van der Waals surface area contributed by atoms with Crippen LogP contribution in [0.4, 0.5) is 0 Å². The van der Waals surface area contributed by atoms with E-state index in [9.17, 15) is 0 Å². The van der Waals surface area contributed by atoms with Crippen LogP contribution in [0.2, 0.25) is 0 Å². The molecule has 0 amide bonds. The first kappa shape index (κ1) is 34.8. The van der Waals surface area contributed by atoms with Gasteiger partial charge in [-0.2, -0.15) is 0 Å². The maximum absolute atomic E-state index is 2.45. The first-order valence-corrected chi connectivity index (χ1v) is 21.6. The second-order valence-corrected chi connectivity index (χ2v) is 16.7. The van der Waals surface area contributed by atoms with Gasteiger partial charge in [0.05, 0.1) is 0 Å². The molecule has 0 aliphatic heterocycles. The lowest BCUT2D eigenvalue weighted by atomic mass is 9.85. The Labute approximate surface area is 359 Å². The fourth-order valence-corrected chi connectivity index (χ4v) is 10.6. The molecule has 13 aromatic rings. The van der Waals surface area contributed by atoms with Gasteiger partial charge in [-0.1, -0.05) is 206 Å². The van der Waals surface area contributed by atoms with Crippen molar-refractivity contribution in [2.24, 2.45) is 0 Å². The van der Waals surface area contributed by atoms with E-state index in [2.05, 4.69) is 231 Å². The van der Waals surface area contributed by atoms with Crippen LogP contribution in [0, 0.1) is 0 Å². The third-order valence-electron chi connectivity index (χ3n) is 13.4. The highest BCUT2D eigenvalue weighted by Gasteiger charge is 2.18. The summed E-state index contributed by atoms with van der Waals surface area (Å²) in [4.78, 5) is 0. The van der Waals surface area contributed by atoms with Crippen LogP contribution < -0.4 is 0 Å². The van der Waals surface area contributed by atoms with Crippen molar-refractivity contribution in [2.45, 2.75) is 0 Å². The Bertz CT molecular complexity index is 3670. The molecular formula is C62H38. The second kappa shape index (κ2) is 13.7. The summed E-state index contributed by atoms with van der Waals surface area (Å²) >= 11 is 0. The van der Waals surface area contributed by atoms with E-state index < -0.39 is 0 Å². The largest absolute Gasteiger partial charge is 0.0622 e. The van der Waals surface area contributed by atoms with E-state index in [0.717, 1.165) is 0 Å². The van der Waals surface area contributed by atoms with Gasteiger partial charge in [-0.25, -0.2) is 0 Å². The third-order valence-corrected chi connectivity index (χ3v) is 13.4. The Hall–Kier alpha value is -8.06. The fourth-order valence-electron chi connectivity index (χ4n) is 10.6. The zero-order valence-electron chi connectivity index (χ0n) is 33.9. The molecule has 286 valence electrons. The van der Waals surface area contributed by atoms with E-state index in [1.807, 2.05) is 0 Å². The van der Waals surface area contributed by atoms with Crippen LogP contribution in [0.25, 0.3) is 131 Å². The maximum atomic E-state index is 2.45. The summed E-state index contributed by atoms with van der Waals surface area (Å²) in [6, 6.07) is 85.6. The van der Waals surface area contributed by atoms with Crippen LogP contribution in [-0.2, 0) is 0 Å². The van der Waals surface area contributed by atoms with Gasteiger partial charge in [-0.15, -0.1) is 0 Å². The molecule has 0 heteroatoms. The summed E-state index contributed by atoms with van der Waals surface area (Å²) in [6.45, 7) is 0. The molecule has 0 heterocycles. The minimum Gasteiger partial charge on any atom is -0.0622 e. The van der Waals surface area contributed by atoms with Crippen molar-refractivity contribution in [3.63, 3.8) is 0 Å². The first-order valence-electron chi connectivity index (χ1n) is 21.6. The summed E-state index contributed by atoms with van der Waals surface area (Å²) in [5, 5.41) is 20.6. The van der Waals surface area contributed by atoms with Crippen LogP contribution in [0.15, 0.2) is 231 Å². The van der Waals surface area contributed by atoms with Crippen molar-refractivity contribution in [3.05, 3.63) is 231 Å². The van der Waals surface area contributed by atoms with Crippen LogP contribution in [0.5, 0.6) is 0 Å². The van der Waals surface area contributed by atoms with Crippen LogP contribution in [-0.4, -0.2) is 0 Å². The lowest BCUT2D eigenvalue weighted by Crippen LogP contribution is -1.90. The lowest BCUT2D eigenvalue weighted by molar-refractivity contribution is 1.64. The average Bonchev–Trinajstić information content (AvgIpc) is 3.36. The van der Waals surface area contributed by atoms with Gasteiger partial charge in [0.25, 0.3) is 0 Å². The quantitative estimate of drug-likeness (QED) is 0.156. The molecule has 13 aromatic carbocycles. The van der Waals surface area contributed by atoms with E-state index >= 15 is 0 Å². The van der Waals surface area contributed by atoms with E-state index in [0.29, 0.717) is 0 Å². The summed E-state index contributed by atoms with van der Waals surface area (Å²) in [6.07, 6.45) is 0. The fraction of sp³-hybridized carbons (Fsp3) is 0. The molecular weight excluding hydrogens is 745 g/mol. The van der Waals surface area contributed by atoms with Gasteiger partial charge in [0.15, 0.2) is 0 Å². The topological polar surface area (TPSA) is 0 Å². The van der Waals surface area contributed by atoms with E-state index in [1.54, 1.807) is 0 Å². The minimum absolute atomic E-state index is 1.21. The predicted molar refractivity (Wildman–Crippen MR) is 268 cm³/mol. The Morgan fingerprint density at radius 1 is 0.145 bits per heavy atom. The molecule has 0 aliphatic carbocycles. The van der Waals surface area contributed by atoms with Gasteiger partial charge in [-0.3, -0.25) is 0 Å². The molecule has 0 aliphatic rings. The Kier molecular flexibility index (Phi) is 7.71. The highest BCUT2D eigenvalue weighted by Crippen LogP contribution is 2.46. The van der Waals surface area contributed by atoms with Crippen LogP contribution in [0.3, 0.4) is 0 Å². The van der Waals surface area contributed by atoms with Gasteiger partial charge in [-0.05, 0) is 155 Å². The Morgan fingerprint density at radius 2 is 0.435 bits per heavy atom. The highest BCUT2D eigenvalue weighted by atomic mass is 14.2. The molecule has 0 fully saturated rings. The number of hydrogen-bond acceptors (Lipinski definition) is 0. The number of benzene rings is 13. The SMILES string of the molecule is c1ccc(-c2ccc3c(c2)c2ccccc2c2cc(-c4ccc(-c5cc6c7ccccc7c7cc(-c8ccccc8)ccc7c6c6ccccc56)cc4)c4ccccc4c32)cc1.